The highest BCUT2D eigenvalue weighted by atomic mass is 79.9. The van der Waals surface area contributed by atoms with Gasteiger partial charge in [0.15, 0.2) is 0 Å². The predicted octanol–water partition coefficient (Wildman–Crippen LogP) is 3.82. The molecule has 1 heterocycles. The summed E-state index contributed by atoms with van der Waals surface area (Å²) in [5.41, 5.74) is 0. The zero-order valence-electron chi connectivity index (χ0n) is 7.82. The first-order valence-electron chi connectivity index (χ1n) is 5.10. The zero-order chi connectivity index (χ0) is 9.68. The van der Waals surface area contributed by atoms with E-state index in [0.717, 1.165) is 12.5 Å². The molecular weight excluding hydrogens is 254 g/mol. The molecule has 0 aliphatic carbocycles. The third-order valence-electron chi connectivity index (χ3n) is 2.81. The lowest BCUT2D eigenvalue weighted by Crippen LogP contribution is -2.21. The fourth-order valence-electron chi connectivity index (χ4n) is 1.97. The van der Waals surface area contributed by atoms with E-state index < -0.39 is 15.2 Å². The van der Waals surface area contributed by atoms with Crippen LogP contribution in [0.15, 0.2) is 0 Å². The Balaban J connectivity index is 2.02. The van der Waals surface area contributed by atoms with E-state index in [0.29, 0.717) is 4.83 Å². The van der Waals surface area contributed by atoms with Crippen LogP contribution in [-0.2, 0) is 0 Å². The lowest BCUT2D eigenvalue weighted by Gasteiger charge is -2.23. The van der Waals surface area contributed by atoms with E-state index >= 15 is 0 Å². The molecule has 0 amide bonds. The summed E-state index contributed by atoms with van der Waals surface area (Å²) in [4.78, 5) is 0.714. The van der Waals surface area contributed by atoms with Crippen molar-refractivity contribution >= 4 is 24.7 Å². The molecule has 1 rings (SSSR count). The lowest BCUT2D eigenvalue weighted by atomic mass is 10.3. The van der Waals surface area contributed by atoms with Gasteiger partial charge in [-0.3, -0.25) is 0 Å². The normalized spacial score (nSPS) is 29.5. The number of halogens is 3. The smallest absolute Gasteiger partial charge is 0.211 e. The molecule has 0 aromatic carbocycles. The number of hydrogen-bond acceptors (Lipinski definition) is 0. The molecule has 0 unspecified atom stereocenters. The van der Waals surface area contributed by atoms with E-state index in [4.69, 9.17) is 0 Å². The summed E-state index contributed by atoms with van der Waals surface area (Å²) >= 11 is 3.61. The Labute approximate surface area is 88.8 Å². The van der Waals surface area contributed by atoms with Gasteiger partial charge in [0.2, 0.25) is 6.43 Å². The van der Waals surface area contributed by atoms with E-state index in [-0.39, 0.29) is 6.42 Å². The van der Waals surface area contributed by atoms with Crippen LogP contribution in [0.25, 0.3) is 0 Å². The monoisotopic (exact) mass is 270 g/mol. The second-order valence-electron chi connectivity index (χ2n) is 3.94. The summed E-state index contributed by atoms with van der Waals surface area (Å²) in [5.74, 6) is 0. The van der Waals surface area contributed by atoms with Gasteiger partial charge in [-0.25, -0.2) is 8.78 Å². The Bertz CT molecular complexity index is 136. The van der Waals surface area contributed by atoms with Crippen LogP contribution in [0.3, 0.4) is 0 Å². The molecular formula is C9H17BrF2Si. The van der Waals surface area contributed by atoms with Crippen molar-refractivity contribution in [1.82, 2.24) is 0 Å². The van der Waals surface area contributed by atoms with Gasteiger partial charge in [-0.2, -0.15) is 0 Å². The molecule has 0 aromatic heterocycles. The second kappa shape index (κ2) is 6.12. The zero-order valence-corrected chi connectivity index (χ0v) is 10.6. The molecule has 1 aliphatic rings. The Morgan fingerprint density at radius 2 is 1.92 bits per heavy atom. The van der Waals surface area contributed by atoms with Crippen molar-refractivity contribution in [3.63, 3.8) is 0 Å². The minimum atomic E-state index is -2.08. The largest absolute Gasteiger partial charge is 0.238 e. The van der Waals surface area contributed by atoms with Crippen LogP contribution in [0.4, 0.5) is 8.78 Å². The van der Waals surface area contributed by atoms with Crippen molar-refractivity contribution in [3.05, 3.63) is 0 Å². The molecule has 0 spiro atoms. The number of rotatable bonds is 4. The van der Waals surface area contributed by atoms with Gasteiger partial charge in [-0.05, 0) is 12.8 Å². The lowest BCUT2D eigenvalue weighted by molar-refractivity contribution is 0.136. The molecule has 0 radical (unpaired) electrons. The van der Waals surface area contributed by atoms with Crippen LogP contribution in [-0.4, -0.2) is 20.0 Å². The molecule has 1 fully saturated rings. The molecule has 13 heavy (non-hydrogen) atoms. The first kappa shape index (κ1) is 11.6. The van der Waals surface area contributed by atoms with Crippen LogP contribution in [0.5, 0.6) is 0 Å². The van der Waals surface area contributed by atoms with E-state index in [9.17, 15) is 8.78 Å². The van der Waals surface area contributed by atoms with Crippen molar-refractivity contribution in [3.8, 4) is 0 Å². The van der Waals surface area contributed by atoms with Crippen molar-refractivity contribution in [1.29, 1.82) is 0 Å². The third-order valence-corrected chi connectivity index (χ3v) is 7.25. The molecule has 0 aromatic rings. The topological polar surface area (TPSA) is 0 Å². The molecule has 0 N–H and O–H groups in total. The molecule has 0 saturated carbocycles. The van der Waals surface area contributed by atoms with Crippen molar-refractivity contribution < 1.29 is 8.78 Å². The van der Waals surface area contributed by atoms with Gasteiger partial charge in [0.1, 0.15) is 0 Å². The standard InChI is InChI=1S/C9H17BrF2Si/c10-8-3-6-13(7-4-8)5-1-2-9(11)12/h8-9,13H,1-7H2. The third kappa shape index (κ3) is 5.11. The van der Waals surface area contributed by atoms with Crippen molar-refractivity contribution in [2.24, 2.45) is 0 Å². The van der Waals surface area contributed by atoms with E-state index in [2.05, 4.69) is 15.9 Å². The van der Waals surface area contributed by atoms with E-state index in [1.807, 2.05) is 0 Å². The van der Waals surface area contributed by atoms with E-state index in [1.165, 1.54) is 24.9 Å². The molecule has 1 aliphatic heterocycles. The maximum absolute atomic E-state index is 11.9. The van der Waals surface area contributed by atoms with Crippen LogP contribution in [0.1, 0.15) is 25.7 Å². The number of hydrogen-bond donors (Lipinski definition) is 0. The van der Waals surface area contributed by atoms with Gasteiger partial charge in [0.25, 0.3) is 0 Å². The summed E-state index contributed by atoms with van der Waals surface area (Å²) in [7, 11) is -0.587. The summed E-state index contributed by atoms with van der Waals surface area (Å²) in [6, 6.07) is 3.86. The molecule has 0 bridgehead atoms. The van der Waals surface area contributed by atoms with Crippen LogP contribution in [0, 0.1) is 0 Å². The minimum Gasteiger partial charge on any atom is -0.211 e. The molecule has 78 valence electrons. The molecule has 4 heteroatoms. The Morgan fingerprint density at radius 3 is 2.46 bits per heavy atom. The Morgan fingerprint density at radius 1 is 1.31 bits per heavy atom. The average molecular weight is 271 g/mol. The van der Waals surface area contributed by atoms with E-state index in [1.54, 1.807) is 0 Å². The first-order valence-corrected chi connectivity index (χ1v) is 8.47. The quantitative estimate of drug-likeness (QED) is 0.538. The van der Waals surface area contributed by atoms with Gasteiger partial charge in [0, 0.05) is 20.0 Å². The Kier molecular flexibility index (Phi) is 5.47. The van der Waals surface area contributed by atoms with Crippen molar-refractivity contribution in [2.75, 3.05) is 0 Å². The highest BCUT2D eigenvalue weighted by molar-refractivity contribution is 9.09. The van der Waals surface area contributed by atoms with Crippen LogP contribution in [0.2, 0.25) is 18.1 Å². The fourth-order valence-corrected chi connectivity index (χ4v) is 6.90. The molecule has 0 nitrogen and oxygen atoms in total. The van der Waals surface area contributed by atoms with Gasteiger partial charge in [0.05, 0.1) is 0 Å². The summed E-state index contributed by atoms with van der Waals surface area (Å²) in [6.45, 7) is 0. The SMILES string of the molecule is FC(F)CCC[SiH]1CCC(Br)CC1. The highest BCUT2D eigenvalue weighted by Gasteiger charge is 2.20. The summed E-state index contributed by atoms with van der Waals surface area (Å²) in [5, 5.41) is 0. The second-order valence-corrected chi connectivity index (χ2v) is 8.70. The summed E-state index contributed by atoms with van der Waals surface area (Å²) in [6.07, 6.45) is 1.38. The van der Waals surface area contributed by atoms with Gasteiger partial charge >= 0.3 is 0 Å². The van der Waals surface area contributed by atoms with Gasteiger partial charge in [-0.1, -0.05) is 40.5 Å². The molecule has 1 saturated heterocycles. The average Bonchev–Trinajstić information content (AvgIpc) is 2.08. The maximum Gasteiger partial charge on any atom is 0.238 e. The van der Waals surface area contributed by atoms with Gasteiger partial charge in [-0.15, -0.1) is 0 Å². The maximum atomic E-state index is 11.9. The molecule has 0 atom stereocenters. The highest BCUT2D eigenvalue weighted by Crippen LogP contribution is 2.28. The Hall–Kier alpha value is 0.557. The number of alkyl halides is 3. The fraction of sp³-hybridized carbons (Fsp3) is 1.00. The van der Waals surface area contributed by atoms with Crippen LogP contribution < -0.4 is 0 Å². The van der Waals surface area contributed by atoms with Crippen molar-refractivity contribution in [2.45, 2.75) is 55.1 Å². The predicted molar refractivity (Wildman–Crippen MR) is 58.8 cm³/mol. The van der Waals surface area contributed by atoms with Crippen LogP contribution >= 0.6 is 15.9 Å². The summed E-state index contributed by atoms with van der Waals surface area (Å²) < 4.78 is 23.7. The minimum absolute atomic E-state index is 0.126. The van der Waals surface area contributed by atoms with Gasteiger partial charge < -0.3 is 0 Å². The first-order chi connectivity index (χ1) is 6.18.